The second-order valence-electron chi connectivity index (χ2n) is 3.25. The number of hydrogen-bond donors (Lipinski definition) is 0. The van der Waals surface area contributed by atoms with E-state index in [1.165, 1.54) is 12.0 Å². The number of rotatable bonds is 4. The highest BCUT2D eigenvalue weighted by Crippen LogP contribution is 2.22. The maximum absolute atomic E-state index is 11.3. The van der Waals surface area contributed by atoms with Gasteiger partial charge in [-0.05, 0) is 30.4 Å². The Kier molecular flexibility index (Phi) is 4.69. The van der Waals surface area contributed by atoms with Crippen molar-refractivity contribution in [1.82, 2.24) is 0 Å². The fourth-order valence-electron chi connectivity index (χ4n) is 1.33. The van der Waals surface area contributed by atoms with Crippen LogP contribution in [-0.2, 0) is 9.53 Å². The Labute approximate surface area is 95.0 Å². The summed E-state index contributed by atoms with van der Waals surface area (Å²) in [5, 5.41) is 0. The van der Waals surface area contributed by atoms with Crippen LogP contribution in [0.4, 0.5) is 0 Å². The van der Waals surface area contributed by atoms with E-state index >= 15 is 0 Å². The molecule has 15 heavy (non-hydrogen) atoms. The lowest BCUT2D eigenvalue weighted by molar-refractivity contribution is -0.141. The zero-order valence-corrected chi connectivity index (χ0v) is 10.1. The van der Waals surface area contributed by atoms with Crippen molar-refractivity contribution in [2.24, 2.45) is 0 Å². The van der Waals surface area contributed by atoms with E-state index in [1.54, 1.807) is 11.8 Å². The molecular weight excluding hydrogens is 208 g/mol. The molecule has 0 spiro atoms. The molecule has 1 atom stereocenters. The van der Waals surface area contributed by atoms with Crippen molar-refractivity contribution in [3.05, 3.63) is 29.8 Å². The zero-order chi connectivity index (χ0) is 11.3. The first-order valence-corrected chi connectivity index (χ1v) is 5.98. The van der Waals surface area contributed by atoms with Crippen molar-refractivity contribution in [1.29, 1.82) is 0 Å². The van der Waals surface area contributed by atoms with Gasteiger partial charge in [-0.1, -0.05) is 19.1 Å². The van der Waals surface area contributed by atoms with Crippen LogP contribution >= 0.6 is 11.8 Å². The van der Waals surface area contributed by atoms with Gasteiger partial charge in [0.2, 0.25) is 0 Å². The molecule has 1 unspecified atom stereocenters. The molecule has 0 N–H and O–H groups in total. The minimum Gasteiger partial charge on any atom is -0.469 e. The van der Waals surface area contributed by atoms with Crippen LogP contribution in [-0.4, -0.2) is 18.8 Å². The van der Waals surface area contributed by atoms with Crippen LogP contribution in [0.25, 0.3) is 0 Å². The molecular formula is C12H16O2S. The SMILES string of the molecule is CCSc1ccc(C(C)C(=O)OC)cc1. The highest BCUT2D eigenvalue weighted by Gasteiger charge is 2.14. The van der Waals surface area contributed by atoms with Gasteiger partial charge < -0.3 is 4.74 Å². The summed E-state index contributed by atoms with van der Waals surface area (Å²) in [4.78, 5) is 12.5. The lowest BCUT2D eigenvalue weighted by Gasteiger charge is -2.09. The van der Waals surface area contributed by atoms with Crippen molar-refractivity contribution < 1.29 is 9.53 Å². The Morgan fingerprint density at radius 3 is 2.47 bits per heavy atom. The molecule has 0 amide bonds. The van der Waals surface area contributed by atoms with E-state index in [-0.39, 0.29) is 11.9 Å². The zero-order valence-electron chi connectivity index (χ0n) is 9.32. The lowest BCUT2D eigenvalue weighted by Crippen LogP contribution is -2.10. The van der Waals surface area contributed by atoms with Crippen LogP contribution in [0.2, 0.25) is 0 Å². The van der Waals surface area contributed by atoms with E-state index in [0.717, 1.165) is 11.3 Å². The summed E-state index contributed by atoms with van der Waals surface area (Å²) in [6.07, 6.45) is 0. The monoisotopic (exact) mass is 224 g/mol. The summed E-state index contributed by atoms with van der Waals surface area (Å²) < 4.78 is 4.70. The fraction of sp³-hybridized carbons (Fsp3) is 0.417. The van der Waals surface area contributed by atoms with Gasteiger partial charge in [-0.25, -0.2) is 0 Å². The van der Waals surface area contributed by atoms with Crippen molar-refractivity contribution in [2.45, 2.75) is 24.7 Å². The van der Waals surface area contributed by atoms with Crippen LogP contribution in [0, 0.1) is 0 Å². The van der Waals surface area contributed by atoms with Gasteiger partial charge in [0.05, 0.1) is 13.0 Å². The summed E-state index contributed by atoms with van der Waals surface area (Å²) in [6, 6.07) is 8.06. The normalized spacial score (nSPS) is 12.2. The Balaban J connectivity index is 2.75. The number of hydrogen-bond acceptors (Lipinski definition) is 3. The third kappa shape index (κ3) is 3.27. The molecule has 0 aliphatic rings. The molecule has 0 saturated heterocycles. The van der Waals surface area contributed by atoms with Gasteiger partial charge in [-0.2, -0.15) is 0 Å². The topological polar surface area (TPSA) is 26.3 Å². The van der Waals surface area contributed by atoms with Crippen LogP contribution in [0.15, 0.2) is 29.2 Å². The average molecular weight is 224 g/mol. The number of methoxy groups -OCH3 is 1. The summed E-state index contributed by atoms with van der Waals surface area (Å²) in [7, 11) is 1.42. The van der Waals surface area contributed by atoms with E-state index in [1.807, 2.05) is 31.2 Å². The summed E-state index contributed by atoms with van der Waals surface area (Å²) in [6.45, 7) is 3.98. The number of thioether (sulfide) groups is 1. The maximum Gasteiger partial charge on any atom is 0.312 e. The number of carbonyl (C=O) groups excluding carboxylic acids is 1. The molecule has 2 nitrogen and oxygen atoms in total. The fourth-order valence-corrected chi connectivity index (χ4v) is 1.99. The molecule has 1 aromatic rings. The molecule has 82 valence electrons. The Hall–Kier alpha value is -0.960. The summed E-state index contributed by atoms with van der Waals surface area (Å²) >= 11 is 1.79. The molecule has 1 aromatic carbocycles. The van der Waals surface area contributed by atoms with Crippen LogP contribution in [0.5, 0.6) is 0 Å². The Bertz CT molecular complexity index is 319. The molecule has 3 heteroatoms. The first-order valence-electron chi connectivity index (χ1n) is 4.99. The summed E-state index contributed by atoms with van der Waals surface area (Å²) in [5.41, 5.74) is 1.00. The second kappa shape index (κ2) is 5.81. The maximum atomic E-state index is 11.3. The van der Waals surface area contributed by atoms with E-state index in [2.05, 4.69) is 6.92 Å². The minimum atomic E-state index is -0.189. The molecule has 0 aliphatic heterocycles. The predicted octanol–water partition coefficient (Wildman–Crippen LogP) is 3.08. The quantitative estimate of drug-likeness (QED) is 0.581. The van der Waals surface area contributed by atoms with Gasteiger partial charge in [0.1, 0.15) is 0 Å². The standard InChI is InChI=1S/C12H16O2S/c1-4-15-11-7-5-10(6-8-11)9(2)12(13)14-3/h5-9H,4H2,1-3H3. The van der Waals surface area contributed by atoms with Crippen LogP contribution in [0.3, 0.4) is 0 Å². The molecule has 0 fully saturated rings. The van der Waals surface area contributed by atoms with E-state index in [0.29, 0.717) is 0 Å². The first kappa shape index (κ1) is 12.1. The molecule has 1 rings (SSSR count). The van der Waals surface area contributed by atoms with Crippen molar-refractivity contribution in [3.63, 3.8) is 0 Å². The number of esters is 1. The lowest BCUT2D eigenvalue weighted by atomic mass is 10.0. The minimum absolute atomic E-state index is 0.185. The predicted molar refractivity (Wildman–Crippen MR) is 63.3 cm³/mol. The largest absolute Gasteiger partial charge is 0.469 e. The number of carbonyl (C=O) groups is 1. The Morgan fingerprint density at radius 2 is 2.00 bits per heavy atom. The molecule has 0 saturated carbocycles. The highest BCUT2D eigenvalue weighted by molar-refractivity contribution is 7.99. The van der Waals surface area contributed by atoms with Gasteiger partial charge in [-0.3, -0.25) is 4.79 Å². The van der Waals surface area contributed by atoms with Gasteiger partial charge >= 0.3 is 5.97 Å². The molecule has 0 aromatic heterocycles. The van der Waals surface area contributed by atoms with Crippen molar-refractivity contribution in [3.8, 4) is 0 Å². The third-order valence-corrected chi connectivity index (χ3v) is 3.14. The smallest absolute Gasteiger partial charge is 0.312 e. The number of benzene rings is 1. The van der Waals surface area contributed by atoms with E-state index in [4.69, 9.17) is 4.74 Å². The van der Waals surface area contributed by atoms with Crippen molar-refractivity contribution in [2.75, 3.05) is 12.9 Å². The van der Waals surface area contributed by atoms with E-state index in [9.17, 15) is 4.79 Å². The van der Waals surface area contributed by atoms with Gasteiger partial charge in [0.15, 0.2) is 0 Å². The first-order chi connectivity index (χ1) is 7.19. The number of ether oxygens (including phenoxy) is 1. The van der Waals surface area contributed by atoms with Gasteiger partial charge in [-0.15, -0.1) is 11.8 Å². The molecule has 0 radical (unpaired) electrons. The van der Waals surface area contributed by atoms with Gasteiger partial charge in [0.25, 0.3) is 0 Å². The summed E-state index contributed by atoms with van der Waals surface area (Å²) in [5.74, 6) is 0.688. The second-order valence-corrected chi connectivity index (χ2v) is 4.58. The Morgan fingerprint density at radius 1 is 1.40 bits per heavy atom. The van der Waals surface area contributed by atoms with Crippen LogP contribution in [0.1, 0.15) is 25.3 Å². The van der Waals surface area contributed by atoms with Crippen LogP contribution < -0.4 is 0 Å². The molecule has 0 bridgehead atoms. The highest BCUT2D eigenvalue weighted by atomic mass is 32.2. The third-order valence-electron chi connectivity index (χ3n) is 2.25. The van der Waals surface area contributed by atoms with E-state index < -0.39 is 0 Å². The molecule has 0 aliphatic carbocycles. The van der Waals surface area contributed by atoms with Gasteiger partial charge in [0, 0.05) is 4.90 Å². The average Bonchev–Trinajstić information content (AvgIpc) is 2.28. The van der Waals surface area contributed by atoms with Crippen molar-refractivity contribution >= 4 is 17.7 Å². The molecule has 0 heterocycles.